The normalized spacial score (nSPS) is 14.6. The molecule has 2 heterocycles. The van der Waals surface area contributed by atoms with Crippen molar-refractivity contribution in [3.63, 3.8) is 0 Å². The van der Waals surface area contributed by atoms with Crippen molar-refractivity contribution in [2.45, 2.75) is 32.4 Å². The molecule has 3 rings (SSSR count). The van der Waals surface area contributed by atoms with Crippen LogP contribution in [-0.4, -0.2) is 36.5 Å². The highest BCUT2D eigenvalue weighted by molar-refractivity contribution is 6.33. The lowest BCUT2D eigenvalue weighted by Crippen LogP contribution is -2.48. The molecule has 178 valence electrons. The number of aryl methyl sites for hydroxylation is 1. The maximum atomic E-state index is 12.8. The van der Waals surface area contributed by atoms with Gasteiger partial charge in [-0.05, 0) is 37.0 Å². The van der Waals surface area contributed by atoms with Crippen molar-refractivity contribution in [2.75, 3.05) is 24.6 Å². The number of carbonyl (C=O) groups is 2. The molecule has 1 aromatic heterocycles. The first-order valence-corrected chi connectivity index (χ1v) is 10.8. The number of ether oxygens (including phenoxy) is 1. The van der Waals surface area contributed by atoms with Gasteiger partial charge in [0.25, 0.3) is 5.91 Å². The van der Waals surface area contributed by atoms with Gasteiger partial charge < -0.3 is 9.64 Å². The van der Waals surface area contributed by atoms with E-state index in [1.807, 2.05) is 25.1 Å². The summed E-state index contributed by atoms with van der Waals surface area (Å²) in [6.07, 6.45) is -2.14. The minimum Gasteiger partial charge on any atom is -0.483 e. The summed E-state index contributed by atoms with van der Waals surface area (Å²) in [5, 5.41) is -0.0929. The summed E-state index contributed by atoms with van der Waals surface area (Å²) in [6.45, 7) is 2.52. The predicted molar refractivity (Wildman–Crippen MR) is 117 cm³/mol. The molecule has 1 saturated heterocycles. The van der Waals surface area contributed by atoms with Crippen LogP contribution in [0.25, 0.3) is 0 Å². The third-order valence-electron chi connectivity index (χ3n) is 5.35. The SMILES string of the molecule is CCc1ccccc1OCC(=O)NNC(=O)C1CCN(c2ncc(C(F)(F)F)cc2Cl)CC1. The molecule has 2 N–H and O–H groups in total. The van der Waals surface area contributed by atoms with E-state index < -0.39 is 17.6 Å². The van der Waals surface area contributed by atoms with Gasteiger partial charge in [-0.25, -0.2) is 4.98 Å². The maximum absolute atomic E-state index is 12.8. The highest BCUT2D eigenvalue weighted by Gasteiger charge is 2.33. The Hall–Kier alpha value is -3.01. The van der Waals surface area contributed by atoms with Gasteiger partial charge in [-0.15, -0.1) is 0 Å². The lowest BCUT2D eigenvalue weighted by molar-refractivity contribution is -0.137. The van der Waals surface area contributed by atoms with E-state index in [0.29, 0.717) is 31.7 Å². The lowest BCUT2D eigenvalue weighted by Gasteiger charge is -2.32. The van der Waals surface area contributed by atoms with Gasteiger partial charge in [-0.1, -0.05) is 36.7 Å². The Kier molecular flexibility index (Phi) is 8.01. The van der Waals surface area contributed by atoms with Crippen LogP contribution in [0.2, 0.25) is 5.02 Å². The van der Waals surface area contributed by atoms with E-state index in [4.69, 9.17) is 16.3 Å². The summed E-state index contributed by atoms with van der Waals surface area (Å²) < 4.78 is 43.9. The number of nitrogens with zero attached hydrogens (tertiary/aromatic N) is 2. The number of pyridine rings is 1. The van der Waals surface area contributed by atoms with E-state index >= 15 is 0 Å². The smallest absolute Gasteiger partial charge is 0.417 e. The number of nitrogens with one attached hydrogen (secondary N) is 2. The number of halogens is 4. The number of alkyl halides is 3. The topological polar surface area (TPSA) is 83.6 Å². The van der Waals surface area contributed by atoms with Gasteiger partial charge in [0.05, 0.1) is 10.6 Å². The second kappa shape index (κ2) is 10.7. The summed E-state index contributed by atoms with van der Waals surface area (Å²) in [5.41, 5.74) is 4.81. The van der Waals surface area contributed by atoms with E-state index in [0.717, 1.165) is 24.2 Å². The number of anilines is 1. The second-order valence-corrected chi connectivity index (χ2v) is 7.98. The highest BCUT2D eigenvalue weighted by Crippen LogP contribution is 2.34. The molecule has 1 aliphatic heterocycles. The van der Waals surface area contributed by atoms with Crippen molar-refractivity contribution in [1.82, 2.24) is 15.8 Å². The summed E-state index contributed by atoms with van der Waals surface area (Å²) in [7, 11) is 0. The van der Waals surface area contributed by atoms with Crippen molar-refractivity contribution >= 4 is 29.2 Å². The first-order chi connectivity index (χ1) is 15.7. The summed E-state index contributed by atoms with van der Waals surface area (Å²) >= 11 is 6.00. The molecule has 2 aromatic rings. The fourth-order valence-corrected chi connectivity index (χ4v) is 3.81. The van der Waals surface area contributed by atoms with Crippen molar-refractivity contribution < 1.29 is 27.5 Å². The van der Waals surface area contributed by atoms with Gasteiger partial charge in [0.2, 0.25) is 5.91 Å². The fraction of sp³-hybridized carbons (Fsp3) is 0.409. The first kappa shape index (κ1) is 24.6. The van der Waals surface area contributed by atoms with E-state index in [1.165, 1.54) is 0 Å². The van der Waals surface area contributed by atoms with Gasteiger partial charge in [0.15, 0.2) is 6.61 Å². The quantitative estimate of drug-likeness (QED) is 0.610. The summed E-state index contributed by atoms with van der Waals surface area (Å²) in [4.78, 5) is 30.0. The van der Waals surface area contributed by atoms with Crippen LogP contribution in [0.1, 0.15) is 30.9 Å². The predicted octanol–water partition coefficient (Wildman–Crippen LogP) is 3.76. The molecule has 0 atom stereocenters. The summed E-state index contributed by atoms with van der Waals surface area (Å²) in [6, 6.07) is 8.23. The van der Waals surface area contributed by atoms with E-state index in [-0.39, 0.29) is 29.3 Å². The van der Waals surface area contributed by atoms with E-state index in [9.17, 15) is 22.8 Å². The number of hydrogen-bond acceptors (Lipinski definition) is 5. The van der Waals surface area contributed by atoms with Crippen LogP contribution in [0.15, 0.2) is 36.5 Å². The molecule has 0 radical (unpaired) electrons. The van der Waals surface area contributed by atoms with Crippen molar-refractivity contribution in [2.24, 2.45) is 5.92 Å². The number of amides is 2. The molecule has 1 aromatic carbocycles. The summed E-state index contributed by atoms with van der Waals surface area (Å²) in [5.74, 6) is -0.335. The standard InChI is InChI=1S/C22H24ClF3N4O3/c1-2-14-5-3-4-6-18(14)33-13-19(31)28-29-21(32)15-7-9-30(10-8-15)20-17(23)11-16(12-27-20)22(24,25)26/h3-6,11-12,15H,2,7-10,13H2,1H3,(H,28,31)(H,29,32). The molecule has 1 fully saturated rings. The van der Waals surface area contributed by atoms with Gasteiger partial charge >= 0.3 is 6.18 Å². The van der Waals surface area contributed by atoms with E-state index in [1.54, 1.807) is 11.0 Å². The molecular weight excluding hydrogens is 461 g/mol. The Morgan fingerprint density at radius 1 is 1.21 bits per heavy atom. The van der Waals surface area contributed by atoms with Crippen LogP contribution in [-0.2, 0) is 22.2 Å². The van der Waals surface area contributed by atoms with Crippen molar-refractivity contribution in [1.29, 1.82) is 0 Å². The molecule has 0 aliphatic carbocycles. The molecule has 0 saturated carbocycles. The fourth-order valence-electron chi connectivity index (χ4n) is 3.52. The monoisotopic (exact) mass is 484 g/mol. The molecule has 2 amide bonds. The molecule has 11 heteroatoms. The van der Waals surface area contributed by atoms with Gasteiger partial charge in [-0.2, -0.15) is 13.2 Å². The molecule has 33 heavy (non-hydrogen) atoms. The molecule has 0 unspecified atom stereocenters. The van der Waals surface area contributed by atoms with Crippen LogP contribution in [0.4, 0.5) is 19.0 Å². The van der Waals surface area contributed by atoms with Crippen LogP contribution >= 0.6 is 11.6 Å². The molecular formula is C22H24ClF3N4O3. The number of benzene rings is 1. The first-order valence-electron chi connectivity index (χ1n) is 10.5. The molecule has 1 aliphatic rings. The van der Waals surface area contributed by atoms with Crippen LogP contribution < -0.4 is 20.5 Å². The Balaban J connectivity index is 1.44. The van der Waals surface area contributed by atoms with Gasteiger partial charge in [-0.3, -0.25) is 20.4 Å². The third kappa shape index (κ3) is 6.50. The average molecular weight is 485 g/mol. The second-order valence-electron chi connectivity index (χ2n) is 7.58. The van der Waals surface area contributed by atoms with Crippen LogP contribution in [0.5, 0.6) is 5.75 Å². The molecule has 0 spiro atoms. The van der Waals surface area contributed by atoms with Gasteiger partial charge in [0.1, 0.15) is 11.6 Å². The Morgan fingerprint density at radius 2 is 1.91 bits per heavy atom. The number of para-hydroxylation sites is 1. The van der Waals surface area contributed by atoms with Crippen molar-refractivity contribution in [3.05, 3.63) is 52.7 Å². The number of piperidine rings is 1. The Bertz CT molecular complexity index is 995. The van der Waals surface area contributed by atoms with Crippen LogP contribution in [0.3, 0.4) is 0 Å². The zero-order valence-corrected chi connectivity index (χ0v) is 18.7. The highest BCUT2D eigenvalue weighted by atomic mass is 35.5. The number of hydrazine groups is 1. The molecule has 0 bridgehead atoms. The largest absolute Gasteiger partial charge is 0.483 e. The average Bonchev–Trinajstić information content (AvgIpc) is 2.80. The maximum Gasteiger partial charge on any atom is 0.417 e. The van der Waals surface area contributed by atoms with E-state index in [2.05, 4.69) is 15.8 Å². The van der Waals surface area contributed by atoms with Crippen molar-refractivity contribution in [3.8, 4) is 5.75 Å². The van der Waals surface area contributed by atoms with Crippen LogP contribution in [0, 0.1) is 5.92 Å². The third-order valence-corrected chi connectivity index (χ3v) is 5.63. The molecule has 7 nitrogen and oxygen atoms in total. The number of carbonyl (C=O) groups excluding carboxylic acids is 2. The zero-order chi connectivity index (χ0) is 24.0. The number of hydrogen-bond donors (Lipinski definition) is 2. The van der Waals surface area contributed by atoms with Gasteiger partial charge in [0, 0.05) is 25.2 Å². The Morgan fingerprint density at radius 3 is 2.55 bits per heavy atom. The zero-order valence-electron chi connectivity index (χ0n) is 17.9. The Labute approximate surface area is 194 Å². The number of aromatic nitrogens is 1. The number of rotatable bonds is 6. The lowest BCUT2D eigenvalue weighted by atomic mass is 9.96. The minimum absolute atomic E-state index is 0.0929. The minimum atomic E-state index is -4.52.